The molecule has 1 heterocycles. The Hall–Kier alpha value is -1.62. The zero-order valence-corrected chi connectivity index (χ0v) is 12.6. The van der Waals surface area contributed by atoms with E-state index in [0.29, 0.717) is 6.54 Å². The molecule has 0 saturated heterocycles. The van der Waals surface area contributed by atoms with Crippen molar-refractivity contribution in [2.24, 2.45) is 5.41 Å². The number of pyridine rings is 1. The lowest BCUT2D eigenvalue weighted by atomic mass is 9.56. The van der Waals surface area contributed by atoms with E-state index < -0.39 is 0 Å². The smallest absolute Gasteiger partial charge is 0.315 e. The molecule has 20 heavy (non-hydrogen) atoms. The number of methoxy groups -OCH3 is 1. The first-order valence-electron chi connectivity index (χ1n) is 6.87. The fraction of sp³-hybridized carbons (Fsp3) is 0.600. The second kappa shape index (κ2) is 5.40. The molecule has 1 fully saturated rings. The van der Waals surface area contributed by atoms with Gasteiger partial charge in [-0.25, -0.2) is 4.79 Å². The highest BCUT2D eigenvalue weighted by atomic mass is 16.5. The lowest BCUT2D eigenvalue weighted by molar-refractivity contribution is -0.177. The molecule has 1 aliphatic carbocycles. The predicted octanol–water partition coefficient (Wildman–Crippen LogP) is 2.08. The Morgan fingerprint density at radius 1 is 1.50 bits per heavy atom. The van der Waals surface area contributed by atoms with E-state index in [1.54, 1.807) is 19.5 Å². The predicted molar refractivity (Wildman–Crippen MR) is 77.2 cm³/mol. The molecule has 2 amide bonds. The van der Waals surface area contributed by atoms with E-state index >= 15 is 0 Å². The first-order chi connectivity index (χ1) is 9.39. The Labute approximate surface area is 120 Å². The van der Waals surface area contributed by atoms with Gasteiger partial charge >= 0.3 is 6.03 Å². The summed E-state index contributed by atoms with van der Waals surface area (Å²) < 4.78 is 5.55. The first-order valence-corrected chi connectivity index (χ1v) is 6.87. The maximum atomic E-state index is 11.9. The van der Waals surface area contributed by atoms with Gasteiger partial charge in [0.15, 0.2) is 0 Å². The molecule has 2 N–H and O–H groups in total. The molecule has 1 aliphatic rings. The number of nitrogens with zero attached hydrogens (tertiary/aromatic N) is 1. The lowest BCUT2D eigenvalue weighted by Gasteiger charge is -2.59. The van der Waals surface area contributed by atoms with Crippen molar-refractivity contribution in [3.8, 4) is 0 Å². The van der Waals surface area contributed by atoms with Crippen LogP contribution in [0.3, 0.4) is 0 Å². The topological polar surface area (TPSA) is 63.2 Å². The van der Waals surface area contributed by atoms with E-state index in [1.165, 1.54) is 0 Å². The summed E-state index contributed by atoms with van der Waals surface area (Å²) in [5.41, 5.74) is 0.735. The number of hydrogen-bond acceptors (Lipinski definition) is 3. The molecule has 2 atom stereocenters. The summed E-state index contributed by atoms with van der Waals surface area (Å²) in [6.07, 6.45) is 4.29. The number of hydrogen-bond donors (Lipinski definition) is 2. The van der Waals surface area contributed by atoms with E-state index in [-0.39, 0.29) is 23.1 Å². The number of ether oxygens (including phenoxy) is 1. The van der Waals surface area contributed by atoms with Crippen molar-refractivity contribution in [3.05, 3.63) is 30.1 Å². The Morgan fingerprint density at radius 2 is 2.25 bits per heavy atom. The molecule has 1 aromatic heterocycles. The van der Waals surface area contributed by atoms with Crippen LogP contribution < -0.4 is 10.6 Å². The van der Waals surface area contributed by atoms with Gasteiger partial charge in [-0.05, 0) is 25.0 Å². The molecule has 0 unspecified atom stereocenters. The van der Waals surface area contributed by atoms with Crippen molar-refractivity contribution in [1.29, 1.82) is 0 Å². The minimum atomic E-state index is -0.172. The maximum Gasteiger partial charge on any atom is 0.315 e. The highest BCUT2D eigenvalue weighted by Gasteiger charge is 2.58. The van der Waals surface area contributed by atoms with E-state index in [2.05, 4.69) is 36.4 Å². The molecule has 0 bridgehead atoms. The SMILES string of the molecule is CO[C@]1(C)C[C@@H](NC(=O)NCc2cccnc2)C1(C)C. The molecule has 0 spiro atoms. The number of nitrogens with one attached hydrogen (secondary N) is 2. The molecule has 0 aromatic carbocycles. The molecular weight excluding hydrogens is 254 g/mol. The second-order valence-corrected chi connectivity index (χ2v) is 6.10. The van der Waals surface area contributed by atoms with Crippen LogP contribution in [0.5, 0.6) is 0 Å². The summed E-state index contributed by atoms with van der Waals surface area (Å²) in [4.78, 5) is 15.9. The summed E-state index contributed by atoms with van der Waals surface area (Å²) in [6, 6.07) is 3.77. The number of rotatable bonds is 4. The fourth-order valence-electron chi connectivity index (χ4n) is 2.62. The minimum Gasteiger partial charge on any atom is -0.378 e. The Bertz CT molecular complexity index is 475. The van der Waals surface area contributed by atoms with Crippen molar-refractivity contribution in [2.45, 2.75) is 45.4 Å². The molecule has 2 rings (SSSR count). The third kappa shape index (κ3) is 2.63. The Morgan fingerprint density at radius 3 is 2.80 bits per heavy atom. The van der Waals surface area contributed by atoms with Gasteiger partial charge in [0.25, 0.3) is 0 Å². The van der Waals surface area contributed by atoms with E-state index in [4.69, 9.17) is 4.74 Å². The van der Waals surface area contributed by atoms with Crippen molar-refractivity contribution >= 4 is 6.03 Å². The quantitative estimate of drug-likeness (QED) is 0.885. The number of carbonyl (C=O) groups is 1. The van der Waals surface area contributed by atoms with Crippen molar-refractivity contribution < 1.29 is 9.53 Å². The second-order valence-electron chi connectivity index (χ2n) is 6.10. The largest absolute Gasteiger partial charge is 0.378 e. The molecule has 1 aromatic rings. The molecule has 110 valence electrons. The Balaban J connectivity index is 1.82. The molecule has 5 nitrogen and oxygen atoms in total. The van der Waals surface area contributed by atoms with Crippen LogP contribution in [0.1, 0.15) is 32.8 Å². The van der Waals surface area contributed by atoms with Crippen LogP contribution in [0.4, 0.5) is 4.79 Å². The van der Waals surface area contributed by atoms with Crippen molar-refractivity contribution in [3.63, 3.8) is 0 Å². The zero-order valence-electron chi connectivity index (χ0n) is 12.6. The van der Waals surface area contributed by atoms with Crippen LogP contribution in [-0.4, -0.2) is 29.8 Å². The third-order valence-corrected chi connectivity index (χ3v) is 4.76. The average molecular weight is 277 g/mol. The first kappa shape index (κ1) is 14.8. The van der Waals surface area contributed by atoms with Crippen LogP contribution >= 0.6 is 0 Å². The summed E-state index contributed by atoms with van der Waals surface area (Å²) in [6.45, 7) is 6.80. The lowest BCUT2D eigenvalue weighted by Crippen LogP contribution is -2.69. The van der Waals surface area contributed by atoms with Crippen LogP contribution in [0.15, 0.2) is 24.5 Å². The van der Waals surface area contributed by atoms with Crippen LogP contribution in [0.25, 0.3) is 0 Å². The molecular formula is C15H23N3O2. The minimum absolute atomic E-state index is 0.0760. The van der Waals surface area contributed by atoms with Crippen LogP contribution in [0.2, 0.25) is 0 Å². The number of urea groups is 1. The monoisotopic (exact) mass is 277 g/mol. The summed E-state index contributed by atoms with van der Waals surface area (Å²) >= 11 is 0. The average Bonchev–Trinajstić information content (AvgIpc) is 2.45. The maximum absolute atomic E-state index is 11.9. The highest BCUT2D eigenvalue weighted by molar-refractivity contribution is 5.74. The molecule has 0 aliphatic heterocycles. The van der Waals surface area contributed by atoms with Gasteiger partial charge < -0.3 is 15.4 Å². The van der Waals surface area contributed by atoms with Gasteiger partial charge in [0.2, 0.25) is 0 Å². The molecule has 1 saturated carbocycles. The van der Waals surface area contributed by atoms with Gasteiger partial charge in [0.05, 0.1) is 5.60 Å². The Kier molecular flexibility index (Phi) is 3.99. The zero-order chi connectivity index (χ0) is 14.8. The van der Waals surface area contributed by atoms with Crippen LogP contribution in [-0.2, 0) is 11.3 Å². The van der Waals surface area contributed by atoms with Crippen molar-refractivity contribution in [2.75, 3.05) is 7.11 Å². The third-order valence-electron chi connectivity index (χ3n) is 4.76. The van der Waals surface area contributed by atoms with E-state index in [1.807, 2.05) is 12.1 Å². The van der Waals surface area contributed by atoms with Gasteiger partial charge in [0.1, 0.15) is 0 Å². The molecule has 0 radical (unpaired) electrons. The highest BCUT2D eigenvalue weighted by Crippen LogP contribution is 2.51. The number of carbonyl (C=O) groups excluding carboxylic acids is 1. The normalized spacial score (nSPS) is 27.5. The van der Waals surface area contributed by atoms with Gasteiger partial charge in [-0.15, -0.1) is 0 Å². The standard InChI is InChI=1S/C15H23N3O2/c1-14(2)12(8-15(14,3)20-4)18-13(19)17-10-11-6-5-7-16-9-11/h5-7,9,12H,8,10H2,1-4H3,(H2,17,18,19)/t12-,15-/m1/s1. The van der Waals surface area contributed by atoms with E-state index in [9.17, 15) is 4.79 Å². The van der Waals surface area contributed by atoms with Crippen LogP contribution in [0, 0.1) is 5.41 Å². The van der Waals surface area contributed by atoms with Gasteiger partial charge in [-0.3, -0.25) is 4.98 Å². The summed E-state index contributed by atoms with van der Waals surface area (Å²) in [7, 11) is 1.72. The van der Waals surface area contributed by atoms with Gasteiger partial charge in [0, 0.05) is 37.5 Å². The number of aromatic nitrogens is 1. The fourth-order valence-corrected chi connectivity index (χ4v) is 2.62. The number of amides is 2. The van der Waals surface area contributed by atoms with Crippen molar-refractivity contribution in [1.82, 2.24) is 15.6 Å². The molecule has 5 heteroatoms. The van der Waals surface area contributed by atoms with Gasteiger partial charge in [-0.2, -0.15) is 0 Å². The summed E-state index contributed by atoms with van der Waals surface area (Å²) in [5.74, 6) is 0. The van der Waals surface area contributed by atoms with Gasteiger partial charge in [-0.1, -0.05) is 19.9 Å². The summed E-state index contributed by atoms with van der Waals surface area (Å²) in [5, 5.41) is 5.87. The van der Waals surface area contributed by atoms with E-state index in [0.717, 1.165) is 12.0 Å².